The molecule has 0 N–H and O–H groups in total. The van der Waals surface area contributed by atoms with Crippen LogP contribution < -0.4 is 0 Å². The van der Waals surface area contributed by atoms with E-state index in [0.29, 0.717) is 0 Å². The number of rotatable bonds is 3. The van der Waals surface area contributed by atoms with Gasteiger partial charge in [0.15, 0.2) is 0 Å². The third-order valence-corrected chi connectivity index (χ3v) is 4.31. The molecule has 0 saturated carbocycles. The first-order chi connectivity index (χ1) is 8.59. The van der Waals surface area contributed by atoms with Crippen LogP contribution in [0, 0.1) is 6.92 Å². The zero-order valence-electron chi connectivity index (χ0n) is 10.4. The lowest BCUT2D eigenvalue weighted by molar-refractivity contribution is 0.726. The highest BCUT2D eigenvalue weighted by molar-refractivity contribution is 9.10. The molecule has 2 unspecified atom stereocenters. The fraction of sp³-hybridized carbons (Fsp3) is 0.267. The summed E-state index contributed by atoms with van der Waals surface area (Å²) in [6.45, 7) is 4.24. The Hall–Kier alpha value is -0.860. The van der Waals surface area contributed by atoms with Crippen LogP contribution in [0.2, 0.25) is 0 Å². The van der Waals surface area contributed by atoms with Gasteiger partial charge in [-0.3, -0.25) is 4.98 Å². The SMILES string of the molecule is Cc1cc(Br)ccc1C(Cl)C(C)c1ccncc1. The number of alkyl halides is 1. The first-order valence-corrected chi connectivity index (χ1v) is 7.12. The number of benzene rings is 1. The number of hydrogen-bond acceptors (Lipinski definition) is 1. The maximum atomic E-state index is 6.61. The summed E-state index contributed by atoms with van der Waals surface area (Å²) in [5, 5.41) is -0.0273. The summed E-state index contributed by atoms with van der Waals surface area (Å²) in [5.41, 5.74) is 3.61. The normalized spacial score (nSPS) is 14.2. The van der Waals surface area contributed by atoms with Crippen LogP contribution in [0.25, 0.3) is 0 Å². The van der Waals surface area contributed by atoms with E-state index in [1.165, 1.54) is 16.7 Å². The molecule has 1 aromatic heterocycles. The number of halogens is 2. The topological polar surface area (TPSA) is 12.9 Å². The molecule has 1 nitrogen and oxygen atoms in total. The van der Waals surface area contributed by atoms with Crippen molar-refractivity contribution in [2.24, 2.45) is 0 Å². The first kappa shape index (κ1) is 13.6. The van der Waals surface area contributed by atoms with E-state index in [-0.39, 0.29) is 11.3 Å². The maximum Gasteiger partial charge on any atom is 0.0653 e. The second-order valence-corrected chi connectivity index (χ2v) is 5.86. The van der Waals surface area contributed by atoms with Crippen LogP contribution in [0.15, 0.2) is 47.2 Å². The van der Waals surface area contributed by atoms with Gasteiger partial charge >= 0.3 is 0 Å². The third-order valence-electron chi connectivity index (χ3n) is 3.20. The quantitative estimate of drug-likeness (QED) is 0.704. The Kier molecular flexibility index (Phi) is 4.41. The van der Waals surface area contributed by atoms with Crippen molar-refractivity contribution in [3.05, 3.63) is 63.9 Å². The van der Waals surface area contributed by atoms with Crippen LogP contribution >= 0.6 is 27.5 Å². The maximum absolute atomic E-state index is 6.61. The predicted molar refractivity (Wildman–Crippen MR) is 80.1 cm³/mol. The summed E-state index contributed by atoms with van der Waals surface area (Å²) in [7, 11) is 0. The smallest absolute Gasteiger partial charge is 0.0653 e. The average Bonchev–Trinajstić information content (AvgIpc) is 2.38. The van der Waals surface area contributed by atoms with E-state index in [2.05, 4.69) is 46.9 Å². The molecular weight excluding hydrogens is 310 g/mol. The van der Waals surface area contributed by atoms with Crippen molar-refractivity contribution in [2.45, 2.75) is 25.1 Å². The van der Waals surface area contributed by atoms with Gasteiger partial charge in [0, 0.05) is 22.8 Å². The van der Waals surface area contributed by atoms with Crippen molar-refractivity contribution in [1.82, 2.24) is 4.98 Å². The van der Waals surface area contributed by atoms with Gasteiger partial charge in [0.1, 0.15) is 0 Å². The van der Waals surface area contributed by atoms with E-state index in [1.54, 1.807) is 0 Å². The lowest BCUT2D eigenvalue weighted by atomic mass is 9.92. The van der Waals surface area contributed by atoms with Crippen molar-refractivity contribution in [2.75, 3.05) is 0 Å². The molecule has 0 spiro atoms. The van der Waals surface area contributed by atoms with E-state index in [0.717, 1.165) is 4.47 Å². The molecule has 0 aliphatic heterocycles. The fourth-order valence-electron chi connectivity index (χ4n) is 2.05. The van der Waals surface area contributed by atoms with Crippen LogP contribution in [0.1, 0.15) is 34.9 Å². The van der Waals surface area contributed by atoms with Gasteiger partial charge in [-0.05, 0) is 47.9 Å². The van der Waals surface area contributed by atoms with Crippen molar-refractivity contribution < 1.29 is 0 Å². The monoisotopic (exact) mass is 323 g/mol. The van der Waals surface area contributed by atoms with Gasteiger partial charge in [-0.2, -0.15) is 0 Å². The summed E-state index contributed by atoms with van der Waals surface area (Å²) in [6, 6.07) is 10.3. The molecule has 2 rings (SSSR count). The molecule has 2 atom stereocenters. The predicted octanol–water partition coefficient (Wildman–Crippen LogP) is 5.24. The summed E-state index contributed by atoms with van der Waals surface area (Å²) in [5.74, 6) is 0.259. The molecule has 3 heteroatoms. The van der Waals surface area contributed by atoms with Gasteiger partial charge in [0.05, 0.1) is 5.38 Å². The molecule has 94 valence electrons. The van der Waals surface area contributed by atoms with Crippen molar-refractivity contribution in [3.8, 4) is 0 Å². The second kappa shape index (κ2) is 5.85. The summed E-state index contributed by atoms with van der Waals surface area (Å²) >= 11 is 10.1. The molecule has 0 aliphatic rings. The summed E-state index contributed by atoms with van der Waals surface area (Å²) in [6.07, 6.45) is 3.62. The van der Waals surface area contributed by atoms with Gasteiger partial charge in [-0.1, -0.05) is 28.9 Å². The van der Waals surface area contributed by atoms with Crippen molar-refractivity contribution in [1.29, 1.82) is 0 Å². The van der Waals surface area contributed by atoms with Gasteiger partial charge < -0.3 is 0 Å². The van der Waals surface area contributed by atoms with E-state index in [9.17, 15) is 0 Å². The minimum atomic E-state index is -0.0273. The zero-order chi connectivity index (χ0) is 13.1. The molecule has 18 heavy (non-hydrogen) atoms. The highest BCUT2D eigenvalue weighted by Crippen LogP contribution is 2.37. The van der Waals surface area contributed by atoms with E-state index < -0.39 is 0 Å². The van der Waals surface area contributed by atoms with Crippen molar-refractivity contribution >= 4 is 27.5 Å². The molecule has 0 radical (unpaired) electrons. The Morgan fingerprint density at radius 2 is 1.83 bits per heavy atom. The van der Waals surface area contributed by atoms with Crippen LogP contribution in [-0.4, -0.2) is 4.98 Å². The van der Waals surface area contributed by atoms with Gasteiger partial charge in [-0.15, -0.1) is 11.6 Å². The molecular formula is C15H15BrClN. The highest BCUT2D eigenvalue weighted by Gasteiger charge is 2.19. The lowest BCUT2D eigenvalue weighted by Gasteiger charge is -2.20. The molecule has 0 bridgehead atoms. The van der Waals surface area contributed by atoms with Crippen LogP contribution in [0.4, 0.5) is 0 Å². The number of aromatic nitrogens is 1. The Labute approximate surface area is 121 Å². The average molecular weight is 325 g/mol. The Morgan fingerprint density at radius 1 is 1.17 bits per heavy atom. The van der Waals surface area contributed by atoms with E-state index in [4.69, 9.17) is 11.6 Å². The van der Waals surface area contributed by atoms with Crippen LogP contribution in [0.5, 0.6) is 0 Å². The van der Waals surface area contributed by atoms with Gasteiger partial charge in [-0.25, -0.2) is 0 Å². The molecule has 0 aliphatic carbocycles. The zero-order valence-corrected chi connectivity index (χ0v) is 12.7. The number of pyridine rings is 1. The second-order valence-electron chi connectivity index (χ2n) is 4.47. The molecule has 0 fully saturated rings. The molecule has 1 aromatic carbocycles. The Balaban J connectivity index is 2.28. The third kappa shape index (κ3) is 2.93. The summed E-state index contributed by atoms with van der Waals surface area (Å²) in [4.78, 5) is 4.04. The summed E-state index contributed by atoms with van der Waals surface area (Å²) < 4.78 is 1.09. The highest BCUT2D eigenvalue weighted by atomic mass is 79.9. The Bertz CT molecular complexity index is 527. The van der Waals surface area contributed by atoms with E-state index >= 15 is 0 Å². The minimum Gasteiger partial charge on any atom is -0.265 e. The standard InChI is InChI=1S/C15H15BrClN/c1-10-9-13(16)3-4-14(10)15(17)11(2)12-5-7-18-8-6-12/h3-9,11,15H,1-2H3. The minimum absolute atomic E-state index is 0.0273. The fourth-order valence-corrected chi connectivity index (χ4v) is 2.92. The molecule has 0 saturated heterocycles. The number of nitrogens with zero attached hydrogens (tertiary/aromatic N) is 1. The van der Waals surface area contributed by atoms with Crippen LogP contribution in [0.3, 0.4) is 0 Å². The largest absolute Gasteiger partial charge is 0.265 e. The number of hydrogen-bond donors (Lipinski definition) is 0. The Morgan fingerprint density at radius 3 is 2.44 bits per heavy atom. The van der Waals surface area contributed by atoms with Crippen LogP contribution in [-0.2, 0) is 0 Å². The van der Waals surface area contributed by atoms with Gasteiger partial charge in [0.25, 0.3) is 0 Å². The molecule has 1 heterocycles. The first-order valence-electron chi connectivity index (χ1n) is 5.89. The lowest BCUT2D eigenvalue weighted by Crippen LogP contribution is -2.04. The van der Waals surface area contributed by atoms with E-state index in [1.807, 2.05) is 30.6 Å². The van der Waals surface area contributed by atoms with Gasteiger partial charge in [0.2, 0.25) is 0 Å². The number of aryl methyl sites for hydroxylation is 1. The van der Waals surface area contributed by atoms with Crippen molar-refractivity contribution in [3.63, 3.8) is 0 Å². The molecule has 0 amide bonds. The molecule has 2 aromatic rings.